The maximum absolute atomic E-state index is 13.8. The Balaban J connectivity index is 1.62. The summed E-state index contributed by atoms with van der Waals surface area (Å²) in [6.45, 7) is 5.15. The quantitative estimate of drug-likeness (QED) is 0.321. The largest absolute Gasteiger partial charge is 0.268 e. The van der Waals surface area contributed by atoms with Crippen molar-refractivity contribution in [1.82, 2.24) is 29.8 Å². The predicted molar refractivity (Wildman–Crippen MR) is 124 cm³/mol. The van der Waals surface area contributed by atoms with E-state index in [1.807, 2.05) is 35.0 Å². The van der Waals surface area contributed by atoms with Crippen molar-refractivity contribution >= 4 is 33.3 Å². The summed E-state index contributed by atoms with van der Waals surface area (Å²) in [7, 11) is 0. The lowest BCUT2D eigenvalue weighted by Gasteiger charge is -2.17. The number of rotatable bonds is 6. The zero-order valence-electron chi connectivity index (χ0n) is 17.6. The molecule has 0 amide bonds. The Kier molecular flexibility index (Phi) is 5.62. The van der Waals surface area contributed by atoms with Gasteiger partial charge in [0.25, 0.3) is 5.56 Å². The van der Waals surface area contributed by atoms with Crippen molar-refractivity contribution in [2.24, 2.45) is 5.92 Å². The van der Waals surface area contributed by atoms with Gasteiger partial charge in [0.2, 0.25) is 0 Å². The van der Waals surface area contributed by atoms with Crippen LogP contribution in [0.3, 0.4) is 0 Å². The van der Waals surface area contributed by atoms with Gasteiger partial charge in [0.05, 0.1) is 16.8 Å². The molecule has 160 valence electrons. The fraction of sp³-hybridized carbons (Fsp3) is 0.409. The second-order valence-corrected chi connectivity index (χ2v) is 10.0. The van der Waals surface area contributed by atoms with Crippen LogP contribution in [0.1, 0.15) is 43.0 Å². The van der Waals surface area contributed by atoms with Crippen LogP contribution in [-0.4, -0.2) is 29.8 Å². The normalized spacial score (nSPS) is 16.0. The molecule has 3 aromatic heterocycles. The number of fused-ring (bicyclic) bond motifs is 3. The average molecular weight is 453 g/mol. The fourth-order valence-corrected chi connectivity index (χ4v) is 6.48. The van der Waals surface area contributed by atoms with E-state index in [9.17, 15) is 4.79 Å². The topological polar surface area (TPSA) is 78.5 Å². The third kappa shape index (κ3) is 3.80. The zero-order chi connectivity index (χ0) is 21.4. The van der Waals surface area contributed by atoms with Crippen LogP contribution in [0.2, 0.25) is 0 Å². The van der Waals surface area contributed by atoms with E-state index in [2.05, 4.69) is 29.4 Å². The summed E-state index contributed by atoms with van der Waals surface area (Å²) in [4.78, 5) is 20.9. The minimum absolute atomic E-state index is 0.0268. The van der Waals surface area contributed by atoms with E-state index in [1.165, 1.54) is 22.2 Å². The summed E-state index contributed by atoms with van der Waals surface area (Å²) >= 11 is 3.20. The first-order chi connectivity index (χ1) is 15.2. The van der Waals surface area contributed by atoms with E-state index in [1.54, 1.807) is 15.9 Å². The van der Waals surface area contributed by atoms with Crippen molar-refractivity contribution < 1.29 is 0 Å². The molecule has 0 fully saturated rings. The Bertz CT molecular complexity index is 1280. The van der Waals surface area contributed by atoms with E-state index in [0.717, 1.165) is 54.0 Å². The third-order valence-electron chi connectivity index (χ3n) is 5.68. The number of thioether (sulfide) groups is 1. The van der Waals surface area contributed by atoms with Crippen LogP contribution in [-0.2, 0) is 25.1 Å². The Morgan fingerprint density at radius 1 is 1.26 bits per heavy atom. The minimum Gasteiger partial charge on any atom is -0.268 e. The van der Waals surface area contributed by atoms with Crippen LogP contribution in [0, 0.1) is 5.92 Å². The van der Waals surface area contributed by atoms with Crippen LogP contribution >= 0.6 is 23.1 Å². The highest BCUT2D eigenvalue weighted by Gasteiger charge is 2.25. The first kappa shape index (κ1) is 20.4. The lowest BCUT2D eigenvalue weighted by molar-refractivity contribution is 0.509. The highest BCUT2D eigenvalue weighted by Crippen LogP contribution is 2.37. The van der Waals surface area contributed by atoms with Crippen LogP contribution in [0.4, 0.5) is 0 Å². The number of benzene rings is 1. The molecule has 3 heterocycles. The fourth-order valence-electron chi connectivity index (χ4n) is 4.11. The van der Waals surface area contributed by atoms with Crippen LogP contribution in [0.15, 0.2) is 40.3 Å². The number of thiophene rings is 1. The second kappa shape index (κ2) is 8.55. The van der Waals surface area contributed by atoms with Gasteiger partial charge in [-0.2, -0.15) is 0 Å². The average Bonchev–Trinajstić information content (AvgIpc) is 3.36. The molecular formula is C22H24N6OS2. The number of hydrogen-bond acceptors (Lipinski definition) is 7. The van der Waals surface area contributed by atoms with Gasteiger partial charge in [-0.15, -0.1) is 16.4 Å². The summed E-state index contributed by atoms with van der Waals surface area (Å²) in [5.74, 6) is 2.00. The lowest BCUT2D eigenvalue weighted by Crippen LogP contribution is -2.22. The molecule has 9 heteroatoms. The Labute approximate surface area is 188 Å². The van der Waals surface area contributed by atoms with E-state index in [-0.39, 0.29) is 5.56 Å². The van der Waals surface area contributed by atoms with Crippen LogP contribution in [0.25, 0.3) is 15.9 Å². The zero-order valence-corrected chi connectivity index (χ0v) is 19.2. The maximum Gasteiger partial charge on any atom is 0.267 e. The Morgan fingerprint density at radius 3 is 2.90 bits per heavy atom. The molecule has 0 bridgehead atoms. The van der Waals surface area contributed by atoms with Crippen LogP contribution in [0.5, 0.6) is 0 Å². The van der Waals surface area contributed by atoms with E-state index in [0.29, 0.717) is 16.8 Å². The predicted octanol–water partition coefficient (Wildman–Crippen LogP) is 4.26. The van der Waals surface area contributed by atoms with Crippen molar-refractivity contribution in [1.29, 1.82) is 0 Å². The van der Waals surface area contributed by atoms with Gasteiger partial charge in [-0.05, 0) is 59.7 Å². The van der Waals surface area contributed by atoms with Crippen LogP contribution < -0.4 is 5.56 Å². The van der Waals surface area contributed by atoms with Gasteiger partial charge in [0.15, 0.2) is 11.0 Å². The van der Waals surface area contributed by atoms with E-state index < -0.39 is 0 Å². The lowest BCUT2D eigenvalue weighted by atomic mass is 9.89. The summed E-state index contributed by atoms with van der Waals surface area (Å²) < 4.78 is 3.58. The molecule has 0 N–H and O–H groups in total. The van der Waals surface area contributed by atoms with Gasteiger partial charge >= 0.3 is 0 Å². The Hall–Kier alpha value is -2.52. The number of hydrogen-bond donors (Lipinski definition) is 0. The van der Waals surface area contributed by atoms with Crippen molar-refractivity contribution in [3.05, 3.63) is 57.0 Å². The molecule has 31 heavy (non-hydrogen) atoms. The highest BCUT2D eigenvalue weighted by molar-refractivity contribution is 7.98. The van der Waals surface area contributed by atoms with Crippen molar-refractivity contribution in [2.75, 3.05) is 0 Å². The number of para-hydroxylation sites is 1. The molecule has 0 radical (unpaired) electrons. The van der Waals surface area contributed by atoms with Crippen molar-refractivity contribution in [3.8, 4) is 5.69 Å². The minimum atomic E-state index is 0.0268. The summed E-state index contributed by atoms with van der Waals surface area (Å²) in [6.07, 6.45) is 4.08. The first-order valence-electron chi connectivity index (χ1n) is 10.7. The SMILES string of the molecule is CCCn1nnnc1CSc1nc2sc3c(c2c(=O)n1-c1ccccc1)CCC(C)C3. The smallest absolute Gasteiger partial charge is 0.267 e. The van der Waals surface area contributed by atoms with Gasteiger partial charge in [-0.25, -0.2) is 9.67 Å². The molecule has 1 aliphatic carbocycles. The molecule has 1 aromatic carbocycles. The molecule has 0 saturated carbocycles. The second-order valence-electron chi connectivity index (χ2n) is 8.01. The highest BCUT2D eigenvalue weighted by atomic mass is 32.2. The van der Waals surface area contributed by atoms with Gasteiger partial charge in [0.1, 0.15) is 4.83 Å². The van der Waals surface area contributed by atoms with Crippen molar-refractivity contribution in [2.45, 2.75) is 57.0 Å². The van der Waals surface area contributed by atoms with Crippen molar-refractivity contribution in [3.63, 3.8) is 0 Å². The molecule has 4 aromatic rings. The van der Waals surface area contributed by atoms with E-state index in [4.69, 9.17) is 4.98 Å². The van der Waals surface area contributed by atoms with Gasteiger partial charge < -0.3 is 0 Å². The maximum atomic E-state index is 13.8. The molecule has 1 aliphatic rings. The molecule has 7 nitrogen and oxygen atoms in total. The monoisotopic (exact) mass is 452 g/mol. The molecule has 0 saturated heterocycles. The molecule has 5 rings (SSSR count). The molecular weight excluding hydrogens is 428 g/mol. The van der Waals surface area contributed by atoms with Gasteiger partial charge in [-0.3, -0.25) is 9.36 Å². The standard InChI is InChI=1S/C22H24N6OS2/c1-3-11-27-18(24-25-26-27)13-30-22-23-20-19(16-10-9-14(2)12-17(16)31-20)21(29)28(22)15-7-5-4-6-8-15/h4-8,14H,3,9-13H2,1-2H3. The summed E-state index contributed by atoms with van der Waals surface area (Å²) in [5, 5.41) is 13.5. The van der Waals surface area contributed by atoms with E-state index >= 15 is 0 Å². The summed E-state index contributed by atoms with van der Waals surface area (Å²) in [5.41, 5.74) is 2.07. The molecule has 1 unspecified atom stereocenters. The molecule has 0 spiro atoms. The number of aryl methyl sites for hydroxylation is 2. The number of nitrogens with zero attached hydrogens (tertiary/aromatic N) is 6. The van der Waals surface area contributed by atoms with Gasteiger partial charge in [-0.1, -0.05) is 43.8 Å². The summed E-state index contributed by atoms with van der Waals surface area (Å²) in [6, 6.07) is 9.78. The molecule has 0 aliphatic heterocycles. The first-order valence-corrected chi connectivity index (χ1v) is 12.5. The number of aromatic nitrogens is 6. The third-order valence-corrected chi connectivity index (χ3v) is 7.77. The van der Waals surface area contributed by atoms with Gasteiger partial charge in [0, 0.05) is 11.4 Å². The molecule has 1 atom stereocenters. The number of tetrazole rings is 1. The Morgan fingerprint density at radius 2 is 2.10 bits per heavy atom.